The average Bonchev–Trinajstić information content (AvgIpc) is 2.84. The van der Waals surface area contributed by atoms with Gasteiger partial charge in [-0.05, 0) is 54.6 Å². The van der Waals surface area contributed by atoms with Crippen molar-refractivity contribution in [2.75, 3.05) is 0 Å². The van der Waals surface area contributed by atoms with E-state index in [1.807, 2.05) is 0 Å². The summed E-state index contributed by atoms with van der Waals surface area (Å²) in [6.45, 7) is 0. The van der Waals surface area contributed by atoms with Crippen molar-refractivity contribution in [3.8, 4) is 22.3 Å². The molecule has 0 aliphatic heterocycles. The molecule has 0 N–H and O–H groups in total. The molecule has 31 heavy (non-hydrogen) atoms. The second-order valence-electron chi connectivity index (χ2n) is 8.20. The monoisotopic (exact) mass is 392 g/mol. The van der Waals surface area contributed by atoms with E-state index in [1.165, 1.54) is 60.0 Å². The lowest BCUT2D eigenvalue weighted by Gasteiger charge is -2.16. The average molecular weight is 392 g/mol. The fourth-order valence-corrected chi connectivity index (χ4v) is 4.95. The van der Waals surface area contributed by atoms with Crippen molar-refractivity contribution >= 4 is 45.6 Å². The van der Waals surface area contributed by atoms with Crippen molar-refractivity contribution in [3.63, 3.8) is 0 Å². The normalized spacial score (nSPS) is 11.4. The van der Waals surface area contributed by atoms with Gasteiger partial charge in [-0.25, -0.2) is 0 Å². The van der Waals surface area contributed by atoms with Crippen LogP contribution in [0.3, 0.4) is 0 Å². The number of benzene rings is 6. The van der Waals surface area contributed by atoms with Crippen molar-refractivity contribution in [3.05, 3.63) is 115 Å². The van der Waals surface area contributed by atoms with Gasteiger partial charge in [-0.15, -0.1) is 0 Å². The third kappa shape index (κ3) is 2.85. The first-order valence-corrected chi connectivity index (χ1v) is 10.8. The largest absolute Gasteiger partial charge is 0.140 e. The molecular formula is C30H21B. The topological polar surface area (TPSA) is 0 Å². The Morgan fingerprint density at radius 2 is 0.871 bits per heavy atom. The van der Waals surface area contributed by atoms with Crippen LogP contribution < -0.4 is 5.46 Å². The Kier molecular flexibility index (Phi) is 4.14. The first-order valence-electron chi connectivity index (χ1n) is 10.8. The Hall–Kier alpha value is -3.84. The van der Waals surface area contributed by atoms with E-state index in [-0.39, 0.29) is 0 Å². The molecule has 0 bridgehead atoms. The summed E-state index contributed by atoms with van der Waals surface area (Å²) in [6, 6.07) is 41.8. The fourth-order valence-electron chi connectivity index (χ4n) is 4.95. The summed E-state index contributed by atoms with van der Waals surface area (Å²) < 4.78 is 0. The Labute approximate surface area is 183 Å². The third-order valence-corrected chi connectivity index (χ3v) is 6.48. The summed E-state index contributed by atoms with van der Waals surface area (Å²) in [4.78, 5) is 0. The van der Waals surface area contributed by atoms with Gasteiger partial charge in [0.25, 0.3) is 0 Å². The van der Waals surface area contributed by atoms with E-state index in [1.54, 1.807) is 0 Å². The number of hydrogen-bond acceptors (Lipinski definition) is 0. The molecule has 0 aromatic heterocycles. The zero-order chi connectivity index (χ0) is 20.8. The quantitative estimate of drug-likeness (QED) is 0.226. The van der Waals surface area contributed by atoms with Crippen LogP contribution in [0.4, 0.5) is 0 Å². The molecule has 0 spiro atoms. The van der Waals surface area contributed by atoms with Gasteiger partial charge < -0.3 is 0 Å². The lowest BCUT2D eigenvalue weighted by atomic mass is 9.81. The second-order valence-corrected chi connectivity index (χ2v) is 8.20. The number of rotatable bonds is 2. The van der Waals surface area contributed by atoms with Gasteiger partial charge >= 0.3 is 0 Å². The molecule has 6 rings (SSSR count). The molecule has 6 aromatic rings. The molecule has 0 aliphatic rings. The third-order valence-electron chi connectivity index (χ3n) is 6.48. The van der Waals surface area contributed by atoms with Crippen LogP contribution in [-0.2, 0) is 0 Å². The van der Waals surface area contributed by atoms with Gasteiger partial charge in [0, 0.05) is 0 Å². The maximum Gasteiger partial charge on any atom is 0.140 e. The van der Waals surface area contributed by atoms with E-state index in [4.69, 9.17) is 0 Å². The summed E-state index contributed by atoms with van der Waals surface area (Å²) >= 11 is 0. The van der Waals surface area contributed by atoms with Crippen LogP contribution in [0, 0.1) is 0 Å². The first kappa shape index (κ1) is 18.0. The van der Waals surface area contributed by atoms with E-state index in [0.717, 1.165) is 0 Å². The molecule has 6 aromatic carbocycles. The Morgan fingerprint density at radius 3 is 1.52 bits per heavy atom. The van der Waals surface area contributed by atoms with Crippen LogP contribution in [0.2, 0.25) is 0 Å². The smallest absolute Gasteiger partial charge is 0.0735 e. The van der Waals surface area contributed by atoms with Gasteiger partial charge in [0.1, 0.15) is 7.85 Å². The summed E-state index contributed by atoms with van der Waals surface area (Å²) in [7, 11) is 2.23. The van der Waals surface area contributed by atoms with Crippen LogP contribution in [0.25, 0.3) is 54.6 Å². The SMILES string of the molecule is Bc1c2ccccc2c(-c2ccc(-c3cccc4ccccc34)cc2)c2ccccc12. The second kappa shape index (κ2) is 7.14. The van der Waals surface area contributed by atoms with Gasteiger partial charge in [-0.1, -0.05) is 121 Å². The van der Waals surface area contributed by atoms with E-state index < -0.39 is 0 Å². The van der Waals surface area contributed by atoms with Crippen molar-refractivity contribution < 1.29 is 0 Å². The summed E-state index contributed by atoms with van der Waals surface area (Å²) in [6.07, 6.45) is 0. The van der Waals surface area contributed by atoms with Crippen molar-refractivity contribution in [1.82, 2.24) is 0 Å². The number of fused-ring (bicyclic) bond motifs is 3. The minimum Gasteiger partial charge on any atom is -0.0735 e. The lowest BCUT2D eigenvalue weighted by Crippen LogP contribution is -2.07. The lowest BCUT2D eigenvalue weighted by molar-refractivity contribution is 1.64. The molecule has 0 atom stereocenters. The van der Waals surface area contributed by atoms with Crippen molar-refractivity contribution in [1.29, 1.82) is 0 Å². The molecule has 1 heteroatoms. The van der Waals surface area contributed by atoms with Crippen LogP contribution in [0.1, 0.15) is 0 Å². The Bertz CT molecular complexity index is 1510. The molecule has 0 saturated heterocycles. The number of hydrogen-bond donors (Lipinski definition) is 0. The highest BCUT2D eigenvalue weighted by atomic mass is 14.2. The molecular weight excluding hydrogens is 371 g/mol. The minimum absolute atomic E-state index is 1.25. The predicted octanol–water partition coefficient (Wildman–Crippen LogP) is 6.74. The maximum absolute atomic E-state index is 2.28. The van der Waals surface area contributed by atoms with E-state index in [2.05, 4.69) is 123 Å². The molecule has 0 radical (unpaired) electrons. The van der Waals surface area contributed by atoms with Crippen LogP contribution in [0.5, 0.6) is 0 Å². The maximum atomic E-state index is 2.28. The first-order chi connectivity index (χ1) is 15.3. The van der Waals surface area contributed by atoms with Crippen LogP contribution >= 0.6 is 0 Å². The highest BCUT2D eigenvalue weighted by Crippen LogP contribution is 2.36. The molecule has 0 unspecified atom stereocenters. The van der Waals surface area contributed by atoms with E-state index in [0.29, 0.717) is 0 Å². The van der Waals surface area contributed by atoms with Crippen molar-refractivity contribution in [2.24, 2.45) is 0 Å². The van der Waals surface area contributed by atoms with E-state index >= 15 is 0 Å². The van der Waals surface area contributed by atoms with Gasteiger partial charge in [0.15, 0.2) is 0 Å². The Balaban J connectivity index is 1.58. The molecule has 0 heterocycles. The highest BCUT2D eigenvalue weighted by molar-refractivity contribution is 6.46. The predicted molar refractivity (Wildman–Crippen MR) is 138 cm³/mol. The van der Waals surface area contributed by atoms with Gasteiger partial charge in [-0.3, -0.25) is 0 Å². The molecule has 0 saturated carbocycles. The zero-order valence-electron chi connectivity index (χ0n) is 17.5. The summed E-state index contributed by atoms with van der Waals surface area (Å²) in [5, 5.41) is 7.86. The highest BCUT2D eigenvalue weighted by Gasteiger charge is 2.13. The van der Waals surface area contributed by atoms with Gasteiger partial charge in [-0.2, -0.15) is 0 Å². The van der Waals surface area contributed by atoms with Crippen LogP contribution in [0.15, 0.2) is 115 Å². The Morgan fingerprint density at radius 1 is 0.387 bits per heavy atom. The van der Waals surface area contributed by atoms with Gasteiger partial charge in [0.2, 0.25) is 0 Å². The fraction of sp³-hybridized carbons (Fsp3) is 0. The van der Waals surface area contributed by atoms with Crippen LogP contribution in [-0.4, -0.2) is 7.85 Å². The van der Waals surface area contributed by atoms with Crippen molar-refractivity contribution in [2.45, 2.75) is 0 Å². The zero-order valence-corrected chi connectivity index (χ0v) is 17.5. The molecule has 0 fully saturated rings. The molecule has 0 aliphatic carbocycles. The molecule has 0 amide bonds. The van der Waals surface area contributed by atoms with E-state index in [9.17, 15) is 0 Å². The van der Waals surface area contributed by atoms with Gasteiger partial charge in [0.05, 0.1) is 0 Å². The standard InChI is InChI=1S/C30H21B/c31-30-27-13-5-3-11-25(27)29(26-12-4-6-14-28(26)30)22-18-16-21(17-19-22)24-15-7-9-20-8-1-2-10-23(20)24/h1-19H,31H2. The summed E-state index contributed by atoms with van der Waals surface area (Å²) in [5.74, 6) is 0. The minimum atomic E-state index is 1.25. The summed E-state index contributed by atoms with van der Waals surface area (Å²) in [5.41, 5.74) is 6.46. The molecule has 144 valence electrons. The molecule has 0 nitrogen and oxygen atoms in total.